The summed E-state index contributed by atoms with van der Waals surface area (Å²) in [6.45, 7) is 12.6. The van der Waals surface area contributed by atoms with Crippen molar-refractivity contribution < 1.29 is 0 Å². The molecule has 0 atom stereocenters. The molecule has 0 aromatic carbocycles. The second-order valence-electron chi connectivity index (χ2n) is 5.35. The molecule has 17 heavy (non-hydrogen) atoms. The second kappa shape index (κ2) is 5.84. The Hall–Kier alpha value is -1.32. The molecule has 0 aliphatic rings. The van der Waals surface area contributed by atoms with E-state index < -0.39 is 0 Å². The molecule has 0 bridgehead atoms. The first-order chi connectivity index (χ1) is 7.98. The Morgan fingerprint density at radius 2 is 1.65 bits per heavy atom. The Bertz CT molecular complexity index is 355. The highest BCUT2D eigenvalue weighted by Crippen LogP contribution is 2.22. The molecule has 96 valence electrons. The molecule has 4 heteroatoms. The van der Waals surface area contributed by atoms with Gasteiger partial charge in [0.2, 0.25) is 0 Å². The third-order valence-corrected chi connectivity index (χ3v) is 2.43. The van der Waals surface area contributed by atoms with Gasteiger partial charge in [-0.2, -0.15) is 0 Å². The average molecular weight is 236 g/mol. The summed E-state index contributed by atoms with van der Waals surface area (Å²) in [6.07, 6.45) is 2.54. The number of hydrogen-bond acceptors (Lipinski definition) is 4. The zero-order valence-electron chi connectivity index (χ0n) is 11.6. The van der Waals surface area contributed by atoms with Gasteiger partial charge < -0.3 is 10.6 Å². The van der Waals surface area contributed by atoms with Gasteiger partial charge in [0.15, 0.2) is 0 Å². The van der Waals surface area contributed by atoms with Gasteiger partial charge in [0, 0.05) is 18.7 Å². The number of anilines is 2. The Labute approximate surface area is 104 Å². The summed E-state index contributed by atoms with van der Waals surface area (Å²) < 4.78 is 0. The molecule has 0 spiro atoms. The number of nitrogens with zero attached hydrogens (tertiary/aromatic N) is 2. The van der Waals surface area contributed by atoms with Crippen molar-refractivity contribution in [3.05, 3.63) is 11.9 Å². The molecule has 0 amide bonds. The molecule has 0 saturated heterocycles. The van der Waals surface area contributed by atoms with E-state index in [2.05, 4.69) is 55.2 Å². The van der Waals surface area contributed by atoms with E-state index in [1.54, 1.807) is 6.33 Å². The van der Waals surface area contributed by atoms with E-state index in [1.807, 2.05) is 0 Å². The van der Waals surface area contributed by atoms with Crippen LogP contribution in [0.3, 0.4) is 0 Å². The topological polar surface area (TPSA) is 49.8 Å². The second-order valence-corrected chi connectivity index (χ2v) is 5.35. The molecule has 2 N–H and O–H groups in total. The third kappa shape index (κ3) is 4.21. The van der Waals surface area contributed by atoms with Gasteiger partial charge >= 0.3 is 0 Å². The van der Waals surface area contributed by atoms with E-state index in [0.717, 1.165) is 31.1 Å². The van der Waals surface area contributed by atoms with Gasteiger partial charge in [-0.15, -0.1) is 0 Å². The van der Waals surface area contributed by atoms with Crippen molar-refractivity contribution in [3.8, 4) is 0 Å². The summed E-state index contributed by atoms with van der Waals surface area (Å²) in [5, 5.41) is 6.69. The highest BCUT2D eigenvalue weighted by molar-refractivity contribution is 5.57. The summed E-state index contributed by atoms with van der Waals surface area (Å²) in [5.41, 5.74) is 1.41. The fraction of sp³-hybridized carbons (Fsp3) is 0.692. The molecule has 0 unspecified atom stereocenters. The highest BCUT2D eigenvalue weighted by atomic mass is 15.1. The highest BCUT2D eigenvalue weighted by Gasteiger charge is 2.13. The number of hydrogen-bond donors (Lipinski definition) is 2. The Morgan fingerprint density at radius 1 is 1.06 bits per heavy atom. The van der Waals surface area contributed by atoms with Crippen LogP contribution in [0.25, 0.3) is 0 Å². The van der Waals surface area contributed by atoms with Crippen molar-refractivity contribution in [1.29, 1.82) is 0 Å². The smallest absolute Gasteiger partial charge is 0.134 e. The fourth-order valence-corrected chi connectivity index (χ4v) is 1.57. The molecule has 0 aliphatic carbocycles. The number of aromatic nitrogens is 2. The minimum Gasteiger partial charge on any atom is -0.370 e. The maximum absolute atomic E-state index is 4.33. The normalized spacial score (nSPS) is 11.4. The third-order valence-electron chi connectivity index (χ3n) is 2.43. The summed E-state index contributed by atoms with van der Waals surface area (Å²) in [5.74, 6) is 1.90. The number of rotatable bonds is 5. The van der Waals surface area contributed by atoms with E-state index in [-0.39, 0.29) is 5.41 Å². The average Bonchev–Trinajstić information content (AvgIpc) is 2.26. The van der Waals surface area contributed by atoms with Gasteiger partial charge in [0.05, 0.1) is 0 Å². The zero-order valence-corrected chi connectivity index (χ0v) is 11.6. The monoisotopic (exact) mass is 236 g/mol. The maximum Gasteiger partial charge on any atom is 0.134 e. The van der Waals surface area contributed by atoms with Crippen LogP contribution in [0.4, 0.5) is 11.6 Å². The minimum absolute atomic E-state index is 0.244. The molecule has 0 aliphatic heterocycles. The molecule has 4 nitrogen and oxygen atoms in total. The molecule has 0 radical (unpaired) electrons. The standard InChI is InChI=1S/C13H24N4/c1-6-10-11(14-7-2)16-9-17-12(10)15-8-13(3,4)5/h9H,6-8H2,1-5H3,(H2,14,15,16,17). The van der Waals surface area contributed by atoms with E-state index >= 15 is 0 Å². The lowest BCUT2D eigenvalue weighted by Crippen LogP contribution is -2.21. The Balaban J connectivity index is 2.87. The molecule has 0 fully saturated rings. The molecular formula is C13H24N4. The molecule has 1 rings (SSSR count). The quantitative estimate of drug-likeness (QED) is 0.825. The lowest BCUT2D eigenvalue weighted by molar-refractivity contribution is 0.442. The predicted octanol–water partition coefficient (Wildman–Crippen LogP) is 2.93. The zero-order chi connectivity index (χ0) is 12.9. The van der Waals surface area contributed by atoms with Crippen LogP contribution in [0.2, 0.25) is 0 Å². The number of nitrogens with one attached hydrogen (secondary N) is 2. The van der Waals surface area contributed by atoms with E-state index in [9.17, 15) is 0 Å². The molecule has 1 aromatic rings. The summed E-state index contributed by atoms with van der Waals surface area (Å²) in [7, 11) is 0. The van der Waals surface area contributed by atoms with Crippen molar-refractivity contribution in [2.45, 2.75) is 41.0 Å². The van der Waals surface area contributed by atoms with Gasteiger partial charge in [0.1, 0.15) is 18.0 Å². The van der Waals surface area contributed by atoms with Gasteiger partial charge in [-0.1, -0.05) is 27.7 Å². The van der Waals surface area contributed by atoms with Crippen LogP contribution < -0.4 is 10.6 Å². The first kappa shape index (κ1) is 13.7. The van der Waals surface area contributed by atoms with Crippen LogP contribution in [-0.4, -0.2) is 23.1 Å². The summed E-state index contributed by atoms with van der Waals surface area (Å²) in [6, 6.07) is 0. The van der Waals surface area contributed by atoms with Gasteiger partial charge in [-0.05, 0) is 18.8 Å². The van der Waals surface area contributed by atoms with E-state index in [1.165, 1.54) is 5.56 Å². The molecule has 1 heterocycles. The summed E-state index contributed by atoms with van der Waals surface area (Å²) in [4.78, 5) is 8.62. The van der Waals surface area contributed by atoms with E-state index in [0.29, 0.717) is 0 Å². The molecule has 1 aromatic heterocycles. The maximum atomic E-state index is 4.33. The lowest BCUT2D eigenvalue weighted by atomic mass is 9.97. The van der Waals surface area contributed by atoms with E-state index in [4.69, 9.17) is 0 Å². The first-order valence-corrected chi connectivity index (χ1v) is 6.29. The van der Waals surface area contributed by atoms with Gasteiger partial charge in [-0.3, -0.25) is 0 Å². The van der Waals surface area contributed by atoms with Crippen molar-refractivity contribution in [3.63, 3.8) is 0 Å². The predicted molar refractivity (Wildman–Crippen MR) is 73.5 cm³/mol. The molecular weight excluding hydrogens is 212 g/mol. The fourth-order valence-electron chi connectivity index (χ4n) is 1.57. The van der Waals surface area contributed by atoms with Crippen LogP contribution >= 0.6 is 0 Å². The van der Waals surface area contributed by atoms with Crippen LogP contribution in [-0.2, 0) is 6.42 Å². The minimum atomic E-state index is 0.244. The SMILES string of the molecule is CCNc1ncnc(NCC(C)(C)C)c1CC. The van der Waals surface area contributed by atoms with Crippen LogP contribution in [0.5, 0.6) is 0 Å². The van der Waals surface area contributed by atoms with Crippen molar-refractivity contribution in [2.24, 2.45) is 5.41 Å². The van der Waals surface area contributed by atoms with Crippen LogP contribution in [0.15, 0.2) is 6.33 Å². The lowest BCUT2D eigenvalue weighted by Gasteiger charge is -2.21. The Kier molecular flexibility index (Phi) is 4.73. The first-order valence-electron chi connectivity index (χ1n) is 6.29. The van der Waals surface area contributed by atoms with Crippen LogP contribution in [0, 0.1) is 5.41 Å². The van der Waals surface area contributed by atoms with Crippen molar-refractivity contribution in [1.82, 2.24) is 9.97 Å². The van der Waals surface area contributed by atoms with Crippen LogP contribution in [0.1, 0.15) is 40.2 Å². The largest absolute Gasteiger partial charge is 0.370 e. The molecule has 0 saturated carbocycles. The Morgan fingerprint density at radius 3 is 2.12 bits per heavy atom. The van der Waals surface area contributed by atoms with Gasteiger partial charge in [-0.25, -0.2) is 9.97 Å². The van der Waals surface area contributed by atoms with Crippen molar-refractivity contribution in [2.75, 3.05) is 23.7 Å². The van der Waals surface area contributed by atoms with Crippen molar-refractivity contribution >= 4 is 11.6 Å². The summed E-state index contributed by atoms with van der Waals surface area (Å²) >= 11 is 0. The van der Waals surface area contributed by atoms with Gasteiger partial charge in [0.25, 0.3) is 0 Å².